The monoisotopic (exact) mass is 412 g/mol. The van der Waals surface area contributed by atoms with Gasteiger partial charge in [-0.1, -0.05) is 19.1 Å². The molecule has 2 aromatic rings. The Bertz CT molecular complexity index is 905. The second kappa shape index (κ2) is 10.3. The van der Waals surface area contributed by atoms with Crippen molar-refractivity contribution in [2.75, 3.05) is 51.3 Å². The van der Waals surface area contributed by atoms with E-state index in [9.17, 15) is 9.18 Å². The first-order valence-electron chi connectivity index (χ1n) is 10.4. The number of hydrogen-bond donors (Lipinski definition) is 0. The number of benzene rings is 2. The number of hydrogen-bond acceptors (Lipinski definition) is 5. The number of methoxy groups -OCH3 is 1. The highest BCUT2D eigenvalue weighted by Crippen LogP contribution is 2.28. The summed E-state index contributed by atoms with van der Waals surface area (Å²) in [6, 6.07) is 10.2. The van der Waals surface area contributed by atoms with Crippen molar-refractivity contribution in [3.63, 3.8) is 0 Å². The van der Waals surface area contributed by atoms with Gasteiger partial charge in [0.2, 0.25) is 0 Å². The number of carbonyl (C=O) groups is 1. The highest BCUT2D eigenvalue weighted by molar-refractivity contribution is 6.07. The second-order valence-electron chi connectivity index (χ2n) is 7.13. The number of nitrogens with zero attached hydrogens (tertiary/aromatic N) is 2. The van der Waals surface area contributed by atoms with Gasteiger partial charge >= 0.3 is 0 Å². The third kappa shape index (κ3) is 5.19. The second-order valence-corrected chi connectivity index (χ2v) is 7.13. The van der Waals surface area contributed by atoms with E-state index >= 15 is 0 Å². The van der Waals surface area contributed by atoms with Gasteiger partial charge in [0.25, 0.3) is 0 Å². The van der Waals surface area contributed by atoms with Gasteiger partial charge in [-0.3, -0.25) is 4.79 Å². The molecule has 30 heavy (non-hydrogen) atoms. The van der Waals surface area contributed by atoms with Gasteiger partial charge in [-0.2, -0.15) is 0 Å². The van der Waals surface area contributed by atoms with E-state index in [0.717, 1.165) is 38.3 Å². The number of ketones is 1. The van der Waals surface area contributed by atoms with Crippen molar-refractivity contribution in [1.82, 2.24) is 4.90 Å². The standard InChI is InChI=1S/C24H29FN2O3/c1-4-26-12-14-27(15-13-26)21-9-8-19(17-20(21)25)22(28)10-6-18-7-11-23(30-5-2)24(16-18)29-3/h6-11,16-17H,4-5,12-15H2,1-3H3. The Hall–Kier alpha value is -2.86. The Morgan fingerprint density at radius 2 is 1.83 bits per heavy atom. The largest absolute Gasteiger partial charge is 0.493 e. The molecule has 1 fully saturated rings. The van der Waals surface area contributed by atoms with Crippen LogP contribution in [0.25, 0.3) is 6.08 Å². The lowest BCUT2D eigenvalue weighted by Crippen LogP contribution is -2.46. The summed E-state index contributed by atoms with van der Waals surface area (Å²) in [5.41, 5.74) is 1.69. The zero-order chi connectivity index (χ0) is 21.5. The van der Waals surface area contributed by atoms with E-state index in [1.165, 1.54) is 12.1 Å². The molecule has 0 atom stereocenters. The molecule has 6 heteroatoms. The van der Waals surface area contributed by atoms with Crippen molar-refractivity contribution in [3.8, 4) is 11.5 Å². The minimum Gasteiger partial charge on any atom is -0.493 e. The van der Waals surface area contributed by atoms with Gasteiger partial charge in [0, 0.05) is 31.7 Å². The van der Waals surface area contributed by atoms with Gasteiger partial charge in [0.1, 0.15) is 5.82 Å². The molecule has 2 aromatic carbocycles. The Morgan fingerprint density at radius 3 is 2.47 bits per heavy atom. The molecule has 0 aliphatic carbocycles. The lowest BCUT2D eigenvalue weighted by molar-refractivity contribution is 0.104. The molecule has 0 aromatic heterocycles. The van der Waals surface area contributed by atoms with E-state index < -0.39 is 0 Å². The molecule has 0 radical (unpaired) electrons. The van der Waals surface area contributed by atoms with Gasteiger partial charge in [0.05, 0.1) is 19.4 Å². The maximum Gasteiger partial charge on any atom is 0.185 e. The van der Waals surface area contributed by atoms with Crippen LogP contribution in [0.15, 0.2) is 42.5 Å². The van der Waals surface area contributed by atoms with Gasteiger partial charge in [0.15, 0.2) is 17.3 Å². The van der Waals surface area contributed by atoms with Crippen molar-refractivity contribution in [1.29, 1.82) is 0 Å². The molecule has 1 aliphatic rings. The third-order valence-electron chi connectivity index (χ3n) is 5.31. The minimum absolute atomic E-state index is 0.246. The summed E-state index contributed by atoms with van der Waals surface area (Å²) in [4.78, 5) is 16.9. The summed E-state index contributed by atoms with van der Waals surface area (Å²) in [7, 11) is 1.57. The van der Waals surface area contributed by atoms with Gasteiger partial charge in [-0.05, 0) is 55.4 Å². The summed E-state index contributed by atoms with van der Waals surface area (Å²) in [5, 5.41) is 0. The summed E-state index contributed by atoms with van der Waals surface area (Å²) >= 11 is 0. The molecule has 0 saturated carbocycles. The van der Waals surface area contributed by atoms with E-state index in [4.69, 9.17) is 9.47 Å². The number of allylic oxidation sites excluding steroid dienone is 1. The summed E-state index contributed by atoms with van der Waals surface area (Å²) in [6.45, 7) is 9.01. The van der Waals surface area contributed by atoms with E-state index in [1.54, 1.807) is 37.5 Å². The van der Waals surface area contributed by atoms with Crippen LogP contribution in [0.5, 0.6) is 11.5 Å². The van der Waals surface area contributed by atoms with Crippen LogP contribution < -0.4 is 14.4 Å². The molecule has 1 saturated heterocycles. The lowest BCUT2D eigenvalue weighted by Gasteiger charge is -2.35. The Balaban J connectivity index is 1.69. The van der Waals surface area contributed by atoms with Gasteiger partial charge in [-0.15, -0.1) is 0 Å². The molecule has 0 amide bonds. The van der Waals surface area contributed by atoms with Crippen molar-refractivity contribution in [3.05, 3.63) is 59.4 Å². The van der Waals surface area contributed by atoms with E-state index in [-0.39, 0.29) is 11.6 Å². The van der Waals surface area contributed by atoms with Crippen LogP contribution in [0.1, 0.15) is 29.8 Å². The molecule has 0 N–H and O–H groups in total. The molecule has 160 valence electrons. The fourth-order valence-corrected chi connectivity index (χ4v) is 3.55. The maximum absolute atomic E-state index is 14.7. The Labute approximate surface area is 177 Å². The first-order chi connectivity index (χ1) is 14.5. The van der Waals surface area contributed by atoms with Crippen LogP contribution in [0.4, 0.5) is 10.1 Å². The molecule has 1 heterocycles. The smallest absolute Gasteiger partial charge is 0.185 e. The number of halogens is 1. The minimum atomic E-state index is -0.359. The first-order valence-corrected chi connectivity index (χ1v) is 10.4. The summed E-state index contributed by atoms with van der Waals surface area (Å²) in [5.74, 6) is 0.650. The summed E-state index contributed by atoms with van der Waals surface area (Å²) < 4.78 is 25.5. The molecule has 3 rings (SSSR count). The molecule has 0 bridgehead atoms. The van der Waals surface area contributed by atoms with Crippen LogP contribution in [0.2, 0.25) is 0 Å². The normalized spacial score (nSPS) is 14.9. The average Bonchev–Trinajstić information content (AvgIpc) is 2.78. The van der Waals surface area contributed by atoms with Crippen molar-refractivity contribution in [2.24, 2.45) is 0 Å². The maximum atomic E-state index is 14.7. The predicted octanol–water partition coefficient (Wildman–Crippen LogP) is 4.27. The number of carbonyl (C=O) groups excluding carboxylic acids is 1. The average molecular weight is 413 g/mol. The number of ether oxygens (including phenoxy) is 2. The van der Waals surface area contributed by atoms with Crippen LogP contribution in [0.3, 0.4) is 0 Å². The fourth-order valence-electron chi connectivity index (χ4n) is 3.55. The quantitative estimate of drug-likeness (QED) is 0.478. The summed E-state index contributed by atoms with van der Waals surface area (Å²) in [6.07, 6.45) is 3.14. The topological polar surface area (TPSA) is 42.0 Å². The van der Waals surface area contributed by atoms with E-state index in [1.807, 2.05) is 17.9 Å². The zero-order valence-electron chi connectivity index (χ0n) is 17.9. The fraction of sp³-hybridized carbons (Fsp3) is 0.375. The Morgan fingerprint density at radius 1 is 1.07 bits per heavy atom. The number of anilines is 1. The molecule has 5 nitrogen and oxygen atoms in total. The SMILES string of the molecule is CCOc1ccc(C=CC(=O)c2ccc(N3CCN(CC)CC3)c(F)c2)cc1OC. The van der Waals surface area contributed by atoms with Gasteiger partial charge < -0.3 is 19.3 Å². The zero-order valence-corrected chi connectivity index (χ0v) is 17.9. The highest BCUT2D eigenvalue weighted by Gasteiger charge is 2.19. The third-order valence-corrected chi connectivity index (χ3v) is 5.31. The van der Waals surface area contributed by atoms with Crippen LogP contribution in [0, 0.1) is 5.82 Å². The van der Waals surface area contributed by atoms with Crippen LogP contribution in [-0.4, -0.2) is 57.1 Å². The molecular weight excluding hydrogens is 383 g/mol. The van der Waals surface area contributed by atoms with E-state index in [0.29, 0.717) is 29.4 Å². The lowest BCUT2D eigenvalue weighted by atomic mass is 10.1. The van der Waals surface area contributed by atoms with Crippen molar-refractivity contribution < 1.29 is 18.7 Å². The Kier molecular flexibility index (Phi) is 7.46. The molecule has 0 unspecified atom stereocenters. The molecule has 1 aliphatic heterocycles. The van der Waals surface area contributed by atoms with Crippen molar-refractivity contribution in [2.45, 2.75) is 13.8 Å². The number of piperazine rings is 1. The first kappa shape index (κ1) is 21.8. The molecular formula is C24H29FN2O3. The van der Waals surface area contributed by atoms with Crippen LogP contribution >= 0.6 is 0 Å². The molecule has 0 spiro atoms. The van der Waals surface area contributed by atoms with Gasteiger partial charge in [-0.25, -0.2) is 4.39 Å². The number of likely N-dealkylation sites (N-methyl/N-ethyl adjacent to an activating group) is 1. The predicted molar refractivity (Wildman–Crippen MR) is 118 cm³/mol. The van der Waals surface area contributed by atoms with E-state index in [2.05, 4.69) is 11.8 Å². The van der Waals surface area contributed by atoms with Crippen LogP contribution in [-0.2, 0) is 0 Å². The van der Waals surface area contributed by atoms with Crippen molar-refractivity contribution >= 4 is 17.5 Å². The highest BCUT2D eigenvalue weighted by atomic mass is 19.1. The number of rotatable bonds is 8.